The van der Waals surface area contributed by atoms with E-state index in [9.17, 15) is 9.90 Å². The molecule has 1 atom stereocenters. The Hall–Kier alpha value is -2.59. The first-order valence-corrected chi connectivity index (χ1v) is 9.46. The van der Waals surface area contributed by atoms with Gasteiger partial charge < -0.3 is 15.7 Å². The molecule has 4 heteroatoms. The van der Waals surface area contributed by atoms with Crippen molar-refractivity contribution in [3.05, 3.63) is 60.2 Å². The normalized spacial score (nSPS) is 14.7. The Morgan fingerprint density at radius 3 is 2.19 bits per heavy atom. The van der Waals surface area contributed by atoms with Gasteiger partial charge in [0.25, 0.3) is 0 Å². The van der Waals surface area contributed by atoms with Gasteiger partial charge in [0, 0.05) is 24.2 Å². The molecule has 0 fully saturated rings. The summed E-state index contributed by atoms with van der Waals surface area (Å²) >= 11 is 0. The molecule has 0 saturated heterocycles. The number of fused-ring (bicyclic) bond motifs is 1. The fourth-order valence-corrected chi connectivity index (χ4v) is 3.27. The van der Waals surface area contributed by atoms with E-state index >= 15 is 0 Å². The third-order valence-corrected chi connectivity index (χ3v) is 4.50. The van der Waals surface area contributed by atoms with Crippen LogP contribution in [-0.2, 0) is 11.2 Å². The van der Waals surface area contributed by atoms with Gasteiger partial charge in [0.2, 0.25) is 5.91 Å². The fourth-order valence-electron chi connectivity index (χ4n) is 3.27. The first kappa shape index (κ1) is 22.5. The summed E-state index contributed by atoms with van der Waals surface area (Å²) in [6.07, 6.45) is 1.97. The van der Waals surface area contributed by atoms with E-state index in [4.69, 9.17) is 0 Å². The van der Waals surface area contributed by atoms with Gasteiger partial charge in [0.1, 0.15) is 5.76 Å². The van der Waals surface area contributed by atoms with Crippen molar-refractivity contribution in [1.29, 1.82) is 0 Å². The molecule has 3 N–H and O–H groups in total. The number of anilines is 1. The van der Waals surface area contributed by atoms with E-state index in [1.165, 1.54) is 12.6 Å². The highest BCUT2D eigenvalue weighted by Gasteiger charge is 2.26. The van der Waals surface area contributed by atoms with Crippen LogP contribution in [0.2, 0.25) is 0 Å². The summed E-state index contributed by atoms with van der Waals surface area (Å²) in [6.45, 7) is 11.3. The number of aryl methyl sites for hydroxylation is 1. The number of benzene rings is 2. The minimum Gasteiger partial charge on any atom is -0.508 e. The predicted molar refractivity (Wildman–Crippen MR) is 116 cm³/mol. The average Bonchev–Trinajstić information content (AvgIpc) is 2.70. The topological polar surface area (TPSA) is 66.6 Å². The van der Waals surface area contributed by atoms with Gasteiger partial charge >= 0.3 is 0 Å². The Balaban J connectivity index is 0.000000855. The molecular weight excluding hydrogens is 336 g/mol. The summed E-state index contributed by atoms with van der Waals surface area (Å²) in [4.78, 5) is 13.8. The van der Waals surface area contributed by atoms with Gasteiger partial charge in [0.05, 0.1) is 0 Å². The van der Waals surface area contributed by atoms with Gasteiger partial charge in [-0.15, -0.1) is 0 Å². The molecular formula is C23H32N2O2. The Kier molecular flexibility index (Phi) is 8.76. The fraction of sp³-hybridized carbons (Fsp3) is 0.348. The number of aliphatic hydroxyl groups excluding tert-OH is 1. The van der Waals surface area contributed by atoms with Crippen LogP contribution in [0.3, 0.4) is 0 Å². The summed E-state index contributed by atoms with van der Waals surface area (Å²) in [7, 11) is 1.50. The van der Waals surface area contributed by atoms with Crippen LogP contribution in [0, 0.1) is 0 Å². The van der Waals surface area contributed by atoms with Crippen LogP contribution >= 0.6 is 0 Å². The number of aliphatic hydroxyl groups is 1. The van der Waals surface area contributed by atoms with E-state index in [0.717, 1.165) is 35.2 Å². The number of rotatable bonds is 2. The number of hydrogen-bond acceptors (Lipinski definition) is 3. The minimum atomic E-state index is 0.0769. The second kappa shape index (κ2) is 10.5. The van der Waals surface area contributed by atoms with Gasteiger partial charge in [-0.25, -0.2) is 0 Å². The van der Waals surface area contributed by atoms with Gasteiger partial charge in [-0.3, -0.25) is 4.79 Å². The summed E-state index contributed by atoms with van der Waals surface area (Å²) in [6, 6.07) is 14.2. The Morgan fingerprint density at radius 1 is 1.11 bits per heavy atom. The Morgan fingerprint density at radius 2 is 1.67 bits per heavy atom. The second-order valence-electron chi connectivity index (χ2n) is 6.14. The second-order valence-corrected chi connectivity index (χ2v) is 6.14. The van der Waals surface area contributed by atoms with Crippen LogP contribution < -0.4 is 10.6 Å². The standard InChI is InChI=1S/C20H21NO2.C2H6.CH5N/c1-13-4-5-19-12-18(10-11-20(19)21(13)15(3)23)17-8-6-16(7-9-17)14(2)22;2*1-2/h6-13,22H,2,4-5H2,1,3H3;1-2H3;2H2,1H3. The van der Waals surface area contributed by atoms with Crippen molar-refractivity contribution in [3.63, 3.8) is 0 Å². The smallest absolute Gasteiger partial charge is 0.224 e. The largest absolute Gasteiger partial charge is 0.508 e. The molecule has 27 heavy (non-hydrogen) atoms. The highest BCUT2D eigenvalue weighted by atomic mass is 16.3. The summed E-state index contributed by atoms with van der Waals surface area (Å²) < 4.78 is 0. The van der Waals surface area contributed by atoms with Crippen molar-refractivity contribution in [2.45, 2.75) is 46.6 Å². The molecule has 1 unspecified atom stereocenters. The van der Waals surface area contributed by atoms with Crippen molar-refractivity contribution >= 4 is 17.4 Å². The Bertz CT molecular complexity index is 766. The number of carbonyl (C=O) groups excluding carboxylic acids is 1. The molecule has 1 amide bonds. The molecule has 1 aliphatic heterocycles. The maximum Gasteiger partial charge on any atom is 0.224 e. The molecule has 4 nitrogen and oxygen atoms in total. The first-order chi connectivity index (χ1) is 13.0. The summed E-state index contributed by atoms with van der Waals surface area (Å²) in [5.41, 5.74) is 9.68. The lowest BCUT2D eigenvalue weighted by molar-refractivity contribution is -0.117. The van der Waals surface area contributed by atoms with Crippen molar-refractivity contribution < 1.29 is 9.90 Å². The maximum atomic E-state index is 11.9. The molecule has 1 aliphatic rings. The first-order valence-electron chi connectivity index (χ1n) is 9.46. The molecule has 0 saturated carbocycles. The summed E-state index contributed by atoms with van der Waals surface area (Å²) in [5.74, 6) is 0.171. The van der Waals surface area contributed by atoms with Crippen LogP contribution in [0.25, 0.3) is 16.9 Å². The van der Waals surface area contributed by atoms with E-state index in [1.807, 2.05) is 49.1 Å². The lowest BCUT2D eigenvalue weighted by Crippen LogP contribution is -2.40. The molecule has 0 bridgehead atoms. The zero-order chi connectivity index (χ0) is 20.6. The molecule has 2 aromatic carbocycles. The number of nitrogens with zero attached hydrogens (tertiary/aromatic N) is 1. The maximum absolute atomic E-state index is 11.9. The Labute approximate surface area is 163 Å². The molecule has 0 spiro atoms. The zero-order valence-electron chi connectivity index (χ0n) is 17.1. The molecule has 0 aliphatic carbocycles. The van der Waals surface area contributed by atoms with Crippen molar-refractivity contribution in [3.8, 4) is 11.1 Å². The van der Waals surface area contributed by atoms with E-state index in [1.54, 1.807) is 6.92 Å². The highest BCUT2D eigenvalue weighted by Crippen LogP contribution is 2.34. The molecule has 146 valence electrons. The third-order valence-electron chi connectivity index (χ3n) is 4.50. The van der Waals surface area contributed by atoms with Crippen LogP contribution in [-0.4, -0.2) is 24.1 Å². The van der Waals surface area contributed by atoms with Gasteiger partial charge in [-0.2, -0.15) is 0 Å². The van der Waals surface area contributed by atoms with Crippen molar-refractivity contribution in [2.75, 3.05) is 11.9 Å². The summed E-state index contributed by atoms with van der Waals surface area (Å²) in [5, 5.41) is 9.42. The highest BCUT2D eigenvalue weighted by molar-refractivity contribution is 5.94. The number of hydrogen-bond donors (Lipinski definition) is 2. The van der Waals surface area contributed by atoms with Crippen LogP contribution in [0.1, 0.15) is 45.2 Å². The van der Waals surface area contributed by atoms with Crippen LogP contribution in [0.5, 0.6) is 0 Å². The van der Waals surface area contributed by atoms with E-state index in [0.29, 0.717) is 0 Å². The molecule has 0 aromatic heterocycles. The zero-order valence-corrected chi connectivity index (χ0v) is 17.1. The monoisotopic (exact) mass is 368 g/mol. The van der Waals surface area contributed by atoms with Crippen molar-refractivity contribution in [1.82, 2.24) is 0 Å². The third kappa shape index (κ3) is 5.20. The van der Waals surface area contributed by atoms with E-state index in [2.05, 4.69) is 31.4 Å². The number of nitrogens with two attached hydrogens (primary N) is 1. The SMILES string of the molecule is C=C(O)c1ccc(-c2ccc3c(c2)CCC(C)N3C(C)=O)cc1.CC.CN. The molecule has 0 radical (unpaired) electrons. The molecule has 1 heterocycles. The van der Waals surface area contributed by atoms with Crippen molar-refractivity contribution in [2.24, 2.45) is 5.73 Å². The average molecular weight is 369 g/mol. The van der Waals surface area contributed by atoms with E-state index in [-0.39, 0.29) is 17.7 Å². The lowest BCUT2D eigenvalue weighted by atomic mass is 9.93. The number of carbonyl (C=O) groups is 1. The van der Waals surface area contributed by atoms with Gasteiger partial charge in [-0.05, 0) is 55.6 Å². The molecule has 2 aromatic rings. The quantitative estimate of drug-likeness (QED) is 0.719. The predicted octanol–water partition coefficient (Wildman–Crippen LogP) is 5.17. The van der Waals surface area contributed by atoms with Crippen LogP contribution in [0.15, 0.2) is 49.0 Å². The minimum absolute atomic E-state index is 0.0769. The van der Waals surface area contributed by atoms with E-state index < -0.39 is 0 Å². The van der Waals surface area contributed by atoms with Crippen LogP contribution in [0.4, 0.5) is 5.69 Å². The number of amides is 1. The molecule has 3 rings (SSSR count). The van der Waals surface area contributed by atoms with Gasteiger partial charge in [0.15, 0.2) is 0 Å². The lowest BCUT2D eigenvalue weighted by Gasteiger charge is -2.34. The van der Waals surface area contributed by atoms with Gasteiger partial charge in [-0.1, -0.05) is 50.8 Å².